The van der Waals surface area contributed by atoms with E-state index in [1.54, 1.807) is 47.1 Å². The summed E-state index contributed by atoms with van der Waals surface area (Å²) in [4.78, 5) is 62.4. The van der Waals surface area contributed by atoms with E-state index >= 15 is 0 Å². The highest BCUT2D eigenvalue weighted by atomic mass is 16.3. The molecule has 0 unspecified atom stereocenters. The maximum absolute atomic E-state index is 13.5. The first-order valence-corrected chi connectivity index (χ1v) is 28.5. The van der Waals surface area contributed by atoms with E-state index in [-0.39, 0.29) is 23.6 Å². The van der Waals surface area contributed by atoms with Crippen molar-refractivity contribution in [1.29, 1.82) is 0 Å². The summed E-state index contributed by atoms with van der Waals surface area (Å²) in [7, 11) is 7.63. The Labute approximate surface area is 507 Å². The van der Waals surface area contributed by atoms with E-state index in [1.165, 1.54) is 0 Å². The van der Waals surface area contributed by atoms with E-state index in [0.29, 0.717) is 67.9 Å². The molecule has 0 radical (unpaired) electrons. The molecule has 6 aliphatic heterocycles. The third-order valence-corrected chi connectivity index (χ3v) is 15.4. The lowest BCUT2D eigenvalue weighted by atomic mass is 9.98. The number of aromatic nitrogens is 3. The van der Waals surface area contributed by atoms with Gasteiger partial charge in [0.1, 0.15) is 32.5 Å². The maximum Gasteiger partial charge on any atom is 0.348 e. The normalized spacial score (nSPS) is 15.5. The topological polar surface area (TPSA) is 199 Å². The van der Waals surface area contributed by atoms with E-state index < -0.39 is 0 Å². The van der Waals surface area contributed by atoms with Gasteiger partial charge in [-0.05, 0) is 101 Å². The molecule has 16 nitrogen and oxygen atoms in total. The van der Waals surface area contributed by atoms with Gasteiger partial charge < -0.3 is 25.4 Å². The van der Waals surface area contributed by atoms with Crippen LogP contribution in [0.5, 0.6) is 0 Å². The van der Waals surface area contributed by atoms with Gasteiger partial charge in [-0.1, -0.05) is 48.5 Å². The van der Waals surface area contributed by atoms with Crippen LogP contribution < -0.4 is 29.3 Å². The zero-order valence-corrected chi connectivity index (χ0v) is 48.4. The molecule has 16 heteroatoms. The quantitative estimate of drug-likeness (QED) is 0.0547. The molecule has 0 atom stereocenters. The number of carbonyl (C=O) groups excluding carboxylic acids is 3. The summed E-state index contributed by atoms with van der Waals surface area (Å²) >= 11 is 0. The number of allylic oxidation sites excluding steroid dienone is 15. The molecule has 4 aromatic carbocycles. The number of aryl methyl sites for hydroxylation is 3. The Morgan fingerprint density at radius 3 is 1.30 bits per heavy atom. The number of primary amides is 2. The number of aliphatic hydroxyl groups is 1. The molecule has 88 heavy (non-hydrogen) atoms. The highest BCUT2D eigenvalue weighted by Gasteiger charge is 2.31. The Morgan fingerprint density at radius 1 is 0.443 bits per heavy atom. The number of nitrogens with one attached hydrogen (secondary N) is 1. The molecule has 3 aromatic heterocycles. The van der Waals surface area contributed by atoms with Gasteiger partial charge in [0.25, 0.3) is 0 Å². The number of nitrogens with two attached hydrogens (primary N) is 2. The number of carbonyl (C=O) groups is 3. The number of hydrogen-bond acceptors (Lipinski definition) is 8. The number of fused-ring (bicyclic) bond motifs is 4. The predicted molar refractivity (Wildman–Crippen MR) is 339 cm³/mol. The van der Waals surface area contributed by atoms with Gasteiger partial charge in [-0.2, -0.15) is 0 Å². The molecule has 3 amide bonds. The number of benzene rings is 4. The summed E-state index contributed by atoms with van der Waals surface area (Å²) in [6, 6.07) is 41.7. The van der Waals surface area contributed by atoms with Crippen LogP contribution in [0, 0.1) is 0 Å². The fraction of sp³-hybridized carbons (Fsp3) is 0.0556. The van der Waals surface area contributed by atoms with E-state index in [9.17, 15) is 19.5 Å². The Bertz CT molecular complexity index is 4450. The van der Waals surface area contributed by atoms with Crippen LogP contribution in [-0.4, -0.2) is 57.6 Å². The molecule has 426 valence electrons. The molecule has 6 aliphatic rings. The number of nitrogens with zero attached hydrogens (tertiary/aromatic N) is 9. The van der Waals surface area contributed by atoms with Crippen molar-refractivity contribution in [2.24, 2.45) is 36.1 Å². The van der Waals surface area contributed by atoms with Gasteiger partial charge in [0.15, 0.2) is 37.2 Å². The summed E-state index contributed by atoms with van der Waals surface area (Å²) in [5.41, 5.74) is 16.6. The fourth-order valence-electron chi connectivity index (χ4n) is 10.7. The van der Waals surface area contributed by atoms with Crippen molar-refractivity contribution < 1.29 is 48.8 Å². The van der Waals surface area contributed by atoms with Gasteiger partial charge in [-0.3, -0.25) is 0 Å². The second-order valence-corrected chi connectivity index (χ2v) is 21.6. The third-order valence-electron chi connectivity index (χ3n) is 15.4. The minimum Gasteiger partial charge on any atom is -0.627 e. The largest absolute Gasteiger partial charge is 0.627 e. The van der Waals surface area contributed by atoms with Crippen LogP contribution in [0.4, 0.5) is 22.7 Å². The first-order valence-electron chi connectivity index (χ1n) is 28.5. The Morgan fingerprint density at radius 2 is 0.830 bits per heavy atom. The van der Waals surface area contributed by atoms with Crippen LogP contribution in [-0.2, 0) is 21.1 Å². The fourth-order valence-corrected chi connectivity index (χ4v) is 10.7. The van der Waals surface area contributed by atoms with Gasteiger partial charge >= 0.3 is 11.8 Å². The molecule has 9 heterocycles. The summed E-state index contributed by atoms with van der Waals surface area (Å²) in [6.07, 6.45) is 34.4. The van der Waals surface area contributed by atoms with Crippen molar-refractivity contribution >= 4 is 85.6 Å². The average molecular weight is 1160 g/mol. The Hall–Kier alpha value is -11.7. The van der Waals surface area contributed by atoms with Crippen molar-refractivity contribution in [3.8, 4) is 0 Å². The zero-order chi connectivity index (χ0) is 60.4. The van der Waals surface area contributed by atoms with Crippen molar-refractivity contribution in [3.05, 3.63) is 328 Å². The molecular weight excluding hydrogens is 1100 g/mol. The molecule has 13 rings (SSSR count). The molecule has 0 spiro atoms. The second-order valence-electron chi connectivity index (χ2n) is 21.6. The number of aliphatic hydroxyl groups excluding tert-OH is 1. The summed E-state index contributed by atoms with van der Waals surface area (Å²) in [6.45, 7) is 0. The molecule has 0 saturated carbocycles. The average Bonchev–Trinajstić information content (AvgIpc) is 1.86. The number of aliphatic imine (C=N–C) groups is 3. The lowest BCUT2D eigenvalue weighted by Gasteiger charge is -2.24. The van der Waals surface area contributed by atoms with Crippen LogP contribution in [0.1, 0.15) is 53.3 Å². The summed E-state index contributed by atoms with van der Waals surface area (Å²) in [5.74, 6) is -0.674. The monoisotopic (exact) mass is 1150 g/mol. The van der Waals surface area contributed by atoms with Crippen molar-refractivity contribution in [2.75, 3.05) is 7.05 Å². The molecule has 8 bridgehead atoms. The standard InChI is InChI=1S/C72H54N12O4/c1-81-37-29-49(30-38-81)69(85)73-53-13-5-45(6-14-53)65-57-21-23-59(77-57)66(46-7-15-54(16-8-46)74-70(86)50-31-39-82(2)40-32-50)61-25-27-63(79-61)68(48-11-19-56(20-12-48)76-72(88)52-35-43-84(4)44-36-52)64-28-26-62(80-64)67(60-24-22-58(65)78-60)47-9-17-55(18-10-47)75-71(87)51-33-41-83(3)42-34-51/h5-44H,1-4H3,(H2-3,73,74,75,76,77,78,79,80,85,86,87,88)/p+4. The lowest BCUT2D eigenvalue weighted by molar-refractivity contribution is -0.671. The smallest absolute Gasteiger partial charge is 0.348 e. The summed E-state index contributed by atoms with van der Waals surface area (Å²) in [5, 5.41) is 23.4. The first kappa shape index (κ1) is 55.5. The van der Waals surface area contributed by atoms with E-state index in [2.05, 4.69) is 15.6 Å². The SMILES string of the molecule is CN1C=CC(=C(O)[N-]c2ccc(C3=C4C=CC(=N4)C(c4ccc([N-]C(=O)c5cc[n+](C)cc5)cc4)=C4C=CC(=N4)C(c4ccc([NH2+]C(=O)c5cc[n+](C)cc5)cc4)=C4C=CC(=[NH+]4)C(c4ccc([NH2+]C(=O)c5cc[n+](C)cc5)cc4)=C4C=CC3=N4)cc2)C=C1. The number of pyridine rings is 3. The van der Waals surface area contributed by atoms with Crippen molar-refractivity contribution in [3.63, 3.8) is 0 Å². The Balaban J connectivity index is 0.954. The number of quaternary nitrogens is 2. The molecular formula is C72H58N12O4+4. The molecule has 7 aromatic rings. The first-order chi connectivity index (χ1) is 42.8. The number of rotatable bonds is 12. The van der Waals surface area contributed by atoms with Crippen LogP contribution in [0.25, 0.3) is 32.9 Å². The van der Waals surface area contributed by atoms with Gasteiger partial charge in [-0.25, -0.2) is 53.9 Å². The Kier molecular flexibility index (Phi) is 15.0. The van der Waals surface area contributed by atoms with Gasteiger partial charge in [-0.15, -0.1) is 11.4 Å². The third kappa shape index (κ3) is 11.7. The second kappa shape index (κ2) is 23.7. The van der Waals surface area contributed by atoms with Gasteiger partial charge in [0.2, 0.25) is 11.4 Å². The lowest BCUT2D eigenvalue weighted by Crippen LogP contribution is -2.82. The summed E-state index contributed by atoms with van der Waals surface area (Å²) < 4.78 is 5.64. The minimum atomic E-state index is -0.355. The van der Waals surface area contributed by atoms with Crippen LogP contribution in [0.2, 0.25) is 0 Å². The molecule has 6 N–H and O–H groups in total. The van der Waals surface area contributed by atoms with Crippen LogP contribution in [0.3, 0.4) is 0 Å². The predicted octanol–water partition coefficient (Wildman–Crippen LogP) is 7.91. The van der Waals surface area contributed by atoms with E-state index in [0.717, 1.165) is 67.3 Å². The van der Waals surface area contributed by atoms with Crippen LogP contribution >= 0.6 is 0 Å². The maximum atomic E-state index is 13.5. The number of hydrogen-bond donors (Lipinski definition) is 4. The van der Waals surface area contributed by atoms with E-state index in [1.807, 2.05) is 254 Å². The molecule has 0 aliphatic carbocycles. The zero-order valence-electron chi connectivity index (χ0n) is 48.4. The highest BCUT2D eigenvalue weighted by molar-refractivity contribution is 6.38. The van der Waals surface area contributed by atoms with E-state index in [4.69, 9.17) is 15.0 Å². The van der Waals surface area contributed by atoms with Crippen molar-refractivity contribution in [1.82, 2.24) is 4.90 Å². The van der Waals surface area contributed by atoms with Gasteiger partial charge in [0.05, 0.1) is 62.4 Å². The van der Waals surface area contributed by atoms with Crippen molar-refractivity contribution in [2.45, 2.75) is 0 Å². The number of amides is 3. The van der Waals surface area contributed by atoms with Gasteiger partial charge in [0, 0.05) is 115 Å². The van der Waals surface area contributed by atoms with Crippen LogP contribution in [0.15, 0.2) is 293 Å². The molecule has 0 fully saturated rings. The highest BCUT2D eigenvalue weighted by Crippen LogP contribution is 2.39. The molecule has 0 saturated heterocycles. The minimum absolute atomic E-state index is 0.105.